The van der Waals surface area contributed by atoms with Crippen molar-refractivity contribution >= 4 is 0 Å². The summed E-state index contributed by atoms with van der Waals surface area (Å²) in [5, 5.41) is 0. The number of halogens is 1. The van der Waals surface area contributed by atoms with Crippen molar-refractivity contribution in [1.29, 1.82) is 0 Å². The van der Waals surface area contributed by atoms with Crippen molar-refractivity contribution < 1.29 is 4.39 Å². The van der Waals surface area contributed by atoms with E-state index in [9.17, 15) is 4.39 Å². The fourth-order valence-corrected chi connectivity index (χ4v) is 4.95. The lowest BCUT2D eigenvalue weighted by atomic mass is 9.49. The van der Waals surface area contributed by atoms with Gasteiger partial charge in [0.25, 0.3) is 0 Å². The van der Waals surface area contributed by atoms with Gasteiger partial charge in [-0.3, -0.25) is 0 Å². The number of hydrogen-bond donors (Lipinski definition) is 0. The van der Waals surface area contributed by atoms with Crippen molar-refractivity contribution in [1.82, 2.24) is 0 Å². The standard InChI is InChI=1S/C13H21F/c1-7(2)12-8-3-10-5-9(12)6-11(4-8)13(10)14/h7-13H,3-6H2,1-2H3. The van der Waals surface area contributed by atoms with Gasteiger partial charge in [0.15, 0.2) is 0 Å². The minimum Gasteiger partial charge on any atom is -0.247 e. The van der Waals surface area contributed by atoms with E-state index in [0.29, 0.717) is 11.8 Å². The Labute approximate surface area is 86.3 Å². The molecule has 4 saturated carbocycles. The highest BCUT2D eigenvalue weighted by Gasteiger charge is 2.53. The molecule has 0 N–H and O–H groups in total. The molecule has 0 heterocycles. The Morgan fingerprint density at radius 1 is 0.857 bits per heavy atom. The Bertz CT molecular complexity index is 203. The molecule has 0 radical (unpaired) electrons. The van der Waals surface area contributed by atoms with Gasteiger partial charge < -0.3 is 0 Å². The first-order chi connectivity index (χ1) is 6.66. The van der Waals surface area contributed by atoms with E-state index in [2.05, 4.69) is 13.8 Å². The van der Waals surface area contributed by atoms with Gasteiger partial charge in [0, 0.05) is 0 Å². The molecule has 0 aromatic carbocycles. The van der Waals surface area contributed by atoms with Crippen LogP contribution >= 0.6 is 0 Å². The van der Waals surface area contributed by atoms with Crippen LogP contribution in [0.2, 0.25) is 0 Å². The quantitative estimate of drug-likeness (QED) is 0.600. The Hall–Kier alpha value is -0.0700. The second-order valence-electron chi connectivity index (χ2n) is 6.25. The molecule has 0 spiro atoms. The third-order valence-electron chi connectivity index (χ3n) is 5.18. The summed E-state index contributed by atoms with van der Waals surface area (Å²) in [5.41, 5.74) is 0. The first-order valence-corrected chi connectivity index (χ1v) is 6.31. The molecule has 0 saturated heterocycles. The molecule has 1 heteroatoms. The van der Waals surface area contributed by atoms with E-state index in [4.69, 9.17) is 0 Å². The van der Waals surface area contributed by atoms with Crippen molar-refractivity contribution in [2.24, 2.45) is 35.5 Å². The molecule has 0 nitrogen and oxygen atoms in total. The van der Waals surface area contributed by atoms with Crippen LogP contribution in [0.3, 0.4) is 0 Å². The Morgan fingerprint density at radius 2 is 1.29 bits per heavy atom. The number of alkyl halides is 1. The van der Waals surface area contributed by atoms with Crippen molar-refractivity contribution in [2.75, 3.05) is 0 Å². The summed E-state index contributed by atoms with van der Waals surface area (Å²) in [7, 11) is 0. The highest BCUT2D eigenvalue weighted by molar-refractivity contribution is 5.02. The number of rotatable bonds is 1. The summed E-state index contributed by atoms with van der Waals surface area (Å²) >= 11 is 0. The van der Waals surface area contributed by atoms with Gasteiger partial charge in [-0.25, -0.2) is 4.39 Å². The topological polar surface area (TPSA) is 0 Å². The molecule has 14 heavy (non-hydrogen) atoms. The molecule has 4 fully saturated rings. The smallest absolute Gasteiger partial charge is 0.106 e. The number of hydrogen-bond acceptors (Lipinski definition) is 0. The average Bonchev–Trinajstić information content (AvgIpc) is 2.10. The van der Waals surface area contributed by atoms with Gasteiger partial charge in [-0.05, 0) is 61.2 Å². The molecule has 80 valence electrons. The fourth-order valence-electron chi connectivity index (χ4n) is 4.95. The molecular weight excluding hydrogens is 175 g/mol. The van der Waals surface area contributed by atoms with Crippen molar-refractivity contribution in [3.05, 3.63) is 0 Å². The second kappa shape index (κ2) is 2.96. The Morgan fingerprint density at radius 3 is 1.64 bits per heavy atom. The van der Waals surface area contributed by atoms with Crippen LogP contribution in [0, 0.1) is 35.5 Å². The van der Waals surface area contributed by atoms with Crippen LogP contribution in [0.1, 0.15) is 39.5 Å². The van der Waals surface area contributed by atoms with Crippen LogP contribution in [-0.4, -0.2) is 6.17 Å². The van der Waals surface area contributed by atoms with Crippen molar-refractivity contribution in [3.63, 3.8) is 0 Å². The maximum atomic E-state index is 13.8. The summed E-state index contributed by atoms with van der Waals surface area (Å²) in [6.07, 6.45) is 4.39. The lowest BCUT2D eigenvalue weighted by Crippen LogP contribution is -2.52. The molecule has 0 atom stereocenters. The van der Waals surface area contributed by atoms with Crippen molar-refractivity contribution in [3.8, 4) is 0 Å². The first-order valence-electron chi connectivity index (χ1n) is 6.31. The summed E-state index contributed by atoms with van der Waals surface area (Å²) in [5.74, 6) is 4.41. The highest BCUT2D eigenvalue weighted by Crippen LogP contribution is 2.59. The normalized spacial score (nSPS) is 55.7. The van der Waals surface area contributed by atoms with E-state index < -0.39 is 6.17 Å². The zero-order valence-corrected chi connectivity index (χ0v) is 9.25. The monoisotopic (exact) mass is 196 g/mol. The van der Waals surface area contributed by atoms with E-state index in [0.717, 1.165) is 23.7 Å². The third-order valence-corrected chi connectivity index (χ3v) is 5.18. The molecule has 4 rings (SSSR count). The van der Waals surface area contributed by atoms with Gasteiger partial charge in [-0.2, -0.15) is 0 Å². The molecular formula is C13H21F. The lowest BCUT2D eigenvalue weighted by Gasteiger charge is -2.57. The minimum absolute atomic E-state index is 0.435. The maximum Gasteiger partial charge on any atom is 0.106 e. The van der Waals surface area contributed by atoms with Gasteiger partial charge in [-0.1, -0.05) is 13.8 Å². The summed E-state index contributed by atoms with van der Waals surface area (Å²) in [6, 6.07) is 0. The third kappa shape index (κ3) is 1.10. The summed E-state index contributed by atoms with van der Waals surface area (Å²) < 4.78 is 13.8. The zero-order chi connectivity index (χ0) is 9.87. The Kier molecular flexibility index (Phi) is 1.94. The molecule has 0 aliphatic heterocycles. The molecule has 4 bridgehead atoms. The molecule has 4 aliphatic rings. The first kappa shape index (κ1) is 9.18. The van der Waals surface area contributed by atoms with E-state index in [1.807, 2.05) is 0 Å². The van der Waals surface area contributed by atoms with Gasteiger partial charge in [0.2, 0.25) is 0 Å². The van der Waals surface area contributed by atoms with E-state index in [1.165, 1.54) is 25.7 Å². The summed E-state index contributed by atoms with van der Waals surface area (Å²) in [4.78, 5) is 0. The Balaban J connectivity index is 1.85. The highest BCUT2D eigenvalue weighted by atomic mass is 19.1. The molecule has 0 aromatic heterocycles. The largest absolute Gasteiger partial charge is 0.247 e. The van der Waals surface area contributed by atoms with E-state index >= 15 is 0 Å². The van der Waals surface area contributed by atoms with Gasteiger partial charge in [0.1, 0.15) is 6.17 Å². The van der Waals surface area contributed by atoms with Gasteiger partial charge in [-0.15, -0.1) is 0 Å². The maximum absolute atomic E-state index is 13.8. The van der Waals surface area contributed by atoms with Gasteiger partial charge in [0.05, 0.1) is 0 Å². The molecule has 0 unspecified atom stereocenters. The molecule has 0 aromatic rings. The predicted octanol–water partition coefficient (Wildman–Crippen LogP) is 3.66. The van der Waals surface area contributed by atoms with E-state index in [-0.39, 0.29) is 0 Å². The SMILES string of the molecule is CC(C)C1C2CC3CC1CC(C2)C3F. The minimum atomic E-state index is -0.435. The van der Waals surface area contributed by atoms with Crippen LogP contribution < -0.4 is 0 Å². The van der Waals surface area contributed by atoms with E-state index in [1.54, 1.807) is 0 Å². The van der Waals surface area contributed by atoms with Crippen molar-refractivity contribution in [2.45, 2.75) is 45.7 Å². The molecule has 0 amide bonds. The fraction of sp³-hybridized carbons (Fsp3) is 1.00. The van der Waals surface area contributed by atoms with Crippen LogP contribution in [0.4, 0.5) is 4.39 Å². The molecule has 4 aliphatic carbocycles. The second-order valence-corrected chi connectivity index (χ2v) is 6.25. The summed E-state index contributed by atoms with van der Waals surface area (Å²) in [6.45, 7) is 4.72. The zero-order valence-electron chi connectivity index (χ0n) is 9.25. The predicted molar refractivity (Wildman–Crippen MR) is 55.7 cm³/mol. The lowest BCUT2D eigenvalue weighted by molar-refractivity contribution is -0.103. The van der Waals surface area contributed by atoms with Crippen LogP contribution in [0.15, 0.2) is 0 Å². The average molecular weight is 196 g/mol. The van der Waals surface area contributed by atoms with Crippen LogP contribution in [0.25, 0.3) is 0 Å². The van der Waals surface area contributed by atoms with Crippen LogP contribution in [0.5, 0.6) is 0 Å². The van der Waals surface area contributed by atoms with Gasteiger partial charge >= 0.3 is 0 Å². The van der Waals surface area contributed by atoms with Crippen LogP contribution in [-0.2, 0) is 0 Å².